The molecule has 1 heterocycles. The number of benzene rings is 2. The zero-order valence-corrected chi connectivity index (χ0v) is 20.1. The van der Waals surface area contributed by atoms with Gasteiger partial charge in [0.1, 0.15) is 12.1 Å². The minimum absolute atomic E-state index is 0.0265. The molecule has 0 saturated heterocycles. The molecule has 180 valence electrons. The van der Waals surface area contributed by atoms with Crippen molar-refractivity contribution in [3.05, 3.63) is 64.2 Å². The number of hydrogen-bond donors (Lipinski definition) is 4. The summed E-state index contributed by atoms with van der Waals surface area (Å²) in [4.78, 5) is 19.6. The smallest absolute Gasteiger partial charge is 0.255 e. The van der Waals surface area contributed by atoms with Crippen LogP contribution in [0.25, 0.3) is 6.08 Å². The highest BCUT2D eigenvalue weighted by molar-refractivity contribution is 6.05. The van der Waals surface area contributed by atoms with E-state index in [1.54, 1.807) is 12.1 Å². The summed E-state index contributed by atoms with van der Waals surface area (Å²) < 4.78 is 0. The summed E-state index contributed by atoms with van der Waals surface area (Å²) in [5.74, 6) is 0.204. The van der Waals surface area contributed by atoms with Gasteiger partial charge < -0.3 is 21.9 Å². The van der Waals surface area contributed by atoms with Crippen LogP contribution in [0.15, 0.2) is 47.0 Å². The van der Waals surface area contributed by atoms with Gasteiger partial charge in [-0.25, -0.2) is 4.99 Å². The highest BCUT2D eigenvalue weighted by Crippen LogP contribution is 2.32. The molecule has 2 unspecified atom stereocenters. The third-order valence-electron chi connectivity index (χ3n) is 6.51. The zero-order chi connectivity index (χ0) is 24.2. The number of hydrogen-bond acceptors (Lipinski definition) is 6. The molecule has 0 aromatic heterocycles. The number of rotatable bonds is 8. The largest absolute Gasteiger partial charge is 0.387 e. The van der Waals surface area contributed by atoms with Crippen LogP contribution in [0.2, 0.25) is 0 Å². The van der Waals surface area contributed by atoms with Crippen LogP contribution >= 0.6 is 0 Å². The van der Waals surface area contributed by atoms with Gasteiger partial charge in [0.2, 0.25) is 0 Å². The monoisotopic (exact) mass is 461 g/mol. The number of anilines is 1. The van der Waals surface area contributed by atoms with Crippen LogP contribution in [0.1, 0.15) is 72.6 Å². The fourth-order valence-electron chi connectivity index (χ4n) is 4.80. The molecule has 0 radical (unpaired) electrons. The van der Waals surface area contributed by atoms with Gasteiger partial charge >= 0.3 is 0 Å². The normalized spacial score (nSPS) is 18.0. The summed E-state index contributed by atoms with van der Waals surface area (Å²) in [5.41, 5.74) is 18.2. The van der Waals surface area contributed by atoms with Crippen molar-refractivity contribution in [2.24, 2.45) is 16.5 Å². The summed E-state index contributed by atoms with van der Waals surface area (Å²) >= 11 is 0. The molecule has 7 heteroatoms. The maximum atomic E-state index is 13.0. The van der Waals surface area contributed by atoms with Crippen LogP contribution in [0.5, 0.6) is 0 Å². The molecule has 0 bridgehead atoms. The lowest BCUT2D eigenvalue weighted by Crippen LogP contribution is -2.38. The first-order valence-electron chi connectivity index (χ1n) is 12.2. The van der Waals surface area contributed by atoms with Crippen LogP contribution < -0.4 is 16.8 Å². The van der Waals surface area contributed by atoms with Gasteiger partial charge in [0.05, 0.1) is 5.69 Å². The van der Waals surface area contributed by atoms with Gasteiger partial charge in [-0.05, 0) is 72.7 Å². The minimum Gasteiger partial charge on any atom is -0.387 e. The summed E-state index contributed by atoms with van der Waals surface area (Å²) in [7, 11) is 0. The van der Waals surface area contributed by atoms with Gasteiger partial charge in [-0.3, -0.25) is 9.69 Å². The second kappa shape index (κ2) is 10.5. The second-order valence-corrected chi connectivity index (χ2v) is 9.20. The molecule has 34 heavy (non-hydrogen) atoms. The van der Waals surface area contributed by atoms with E-state index in [4.69, 9.17) is 11.5 Å². The van der Waals surface area contributed by atoms with Crippen molar-refractivity contribution in [1.29, 1.82) is 0 Å². The Labute approximate surface area is 201 Å². The lowest BCUT2D eigenvalue weighted by atomic mass is 10.0. The second-order valence-electron chi connectivity index (χ2n) is 9.20. The molecule has 0 saturated carbocycles. The number of aliphatic hydroxyl groups excluding tert-OH is 1. The fourth-order valence-corrected chi connectivity index (χ4v) is 4.80. The lowest BCUT2D eigenvalue weighted by Gasteiger charge is -2.28. The van der Waals surface area contributed by atoms with E-state index >= 15 is 0 Å². The number of carbonyl (C=O) groups is 1. The maximum absolute atomic E-state index is 13.0. The van der Waals surface area contributed by atoms with Crippen LogP contribution in [0, 0.1) is 0 Å². The number of aliphatic hydroxyl groups is 1. The molecule has 0 fully saturated rings. The van der Waals surface area contributed by atoms with Crippen molar-refractivity contribution in [1.82, 2.24) is 4.90 Å². The third kappa shape index (κ3) is 5.22. The van der Waals surface area contributed by atoms with Crippen molar-refractivity contribution < 1.29 is 9.90 Å². The first-order valence-corrected chi connectivity index (χ1v) is 12.2. The highest BCUT2D eigenvalue weighted by Gasteiger charge is 2.23. The van der Waals surface area contributed by atoms with Gasteiger partial charge in [-0.15, -0.1) is 0 Å². The number of aryl methyl sites for hydroxylation is 1. The average Bonchev–Trinajstić information content (AvgIpc) is 3.09. The molecule has 7 nitrogen and oxygen atoms in total. The summed E-state index contributed by atoms with van der Waals surface area (Å²) in [6.45, 7) is 5.82. The Morgan fingerprint density at radius 3 is 2.71 bits per heavy atom. The van der Waals surface area contributed by atoms with Crippen LogP contribution in [0.3, 0.4) is 0 Å². The van der Waals surface area contributed by atoms with E-state index in [9.17, 15) is 9.90 Å². The van der Waals surface area contributed by atoms with Crippen molar-refractivity contribution in [3.63, 3.8) is 0 Å². The Morgan fingerprint density at radius 2 is 1.97 bits per heavy atom. The summed E-state index contributed by atoms with van der Waals surface area (Å²) in [6, 6.07) is 11.3. The maximum Gasteiger partial charge on any atom is 0.255 e. The predicted molar refractivity (Wildman–Crippen MR) is 138 cm³/mol. The Morgan fingerprint density at radius 1 is 1.21 bits per heavy atom. The number of nitrogens with zero attached hydrogens (tertiary/aromatic N) is 2. The van der Waals surface area contributed by atoms with E-state index in [1.807, 2.05) is 30.3 Å². The van der Waals surface area contributed by atoms with E-state index in [1.165, 1.54) is 5.56 Å². The van der Waals surface area contributed by atoms with Gasteiger partial charge in [0.15, 0.2) is 0 Å². The predicted octanol–water partition coefficient (Wildman–Crippen LogP) is 4.10. The Kier molecular flexibility index (Phi) is 7.46. The van der Waals surface area contributed by atoms with E-state index in [-0.39, 0.29) is 11.9 Å². The minimum atomic E-state index is -0.714. The van der Waals surface area contributed by atoms with Gasteiger partial charge in [-0.1, -0.05) is 26.0 Å². The first kappa shape index (κ1) is 24.1. The Bertz CT molecular complexity index is 1120. The van der Waals surface area contributed by atoms with Crippen LogP contribution in [-0.2, 0) is 6.42 Å². The number of fused-ring (bicyclic) bond motifs is 2. The quantitative estimate of drug-likeness (QED) is 0.442. The van der Waals surface area contributed by atoms with E-state index in [0.717, 1.165) is 61.2 Å². The average molecular weight is 462 g/mol. The number of nitrogens with one attached hydrogen (secondary N) is 1. The van der Waals surface area contributed by atoms with Gasteiger partial charge in [0, 0.05) is 42.4 Å². The lowest BCUT2D eigenvalue weighted by molar-refractivity contribution is 0.0323. The molecule has 2 aromatic rings. The SMILES string of the molecule is CCCN(CCC)C(O)C1=Cc2ccc(C(=O)Nc3ccc4c(c3)C(N)CC4)cc2N=C(N)C1. The molecular formula is C27H35N5O2. The number of nitrogens with two attached hydrogens (primary N) is 2. The first-order chi connectivity index (χ1) is 16.4. The van der Waals surface area contributed by atoms with E-state index in [2.05, 4.69) is 29.1 Å². The molecule has 4 rings (SSSR count). The summed E-state index contributed by atoms with van der Waals surface area (Å²) in [6.07, 6.45) is 5.46. The van der Waals surface area contributed by atoms with Crippen molar-refractivity contribution >= 4 is 29.2 Å². The van der Waals surface area contributed by atoms with Crippen LogP contribution in [0.4, 0.5) is 11.4 Å². The van der Waals surface area contributed by atoms with Crippen molar-refractivity contribution in [2.75, 3.05) is 18.4 Å². The molecule has 1 aliphatic carbocycles. The standard InChI is InChI=1S/C27H35N5O2/c1-3-11-32(12-4-2)27(34)20-13-18-5-6-19(14-24(18)31-25(29)15-20)26(33)30-21-9-7-17-8-10-23(28)22(17)16-21/h5-7,9,13-14,16,23,27,34H,3-4,8,10-12,15,28H2,1-2H3,(H2,29,31)(H,30,33). The molecule has 2 aromatic carbocycles. The zero-order valence-electron chi connectivity index (χ0n) is 20.1. The topological polar surface area (TPSA) is 117 Å². The highest BCUT2D eigenvalue weighted by atomic mass is 16.3. The molecule has 1 aliphatic heterocycles. The Hall–Kier alpha value is -3.00. The third-order valence-corrected chi connectivity index (χ3v) is 6.51. The fraction of sp³-hybridized carbons (Fsp3) is 0.407. The number of carbonyl (C=O) groups excluding carboxylic acids is 1. The number of aliphatic imine (C=N–C) groups is 1. The van der Waals surface area contributed by atoms with Crippen LogP contribution in [-0.4, -0.2) is 41.1 Å². The molecule has 0 spiro atoms. The number of amides is 1. The molecule has 2 aliphatic rings. The molecule has 1 amide bonds. The van der Waals surface area contributed by atoms with Crippen molar-refractivity contribution in [3.8, 4) is 0 Å². The molecular weight excluding hydrogens is 426 g/mol. The van der Waals surface area contributed by atoms with E-state index < -0.39 is 6.23 Å². The number of amidine groups is 1. The molecule has 6 N–H and O–H groups in total. The van der Waals surface area contributed by atoms with Gasteiger partial charge in [0.25, 0.3) is 5.91 Å². The summed E-state index contributed by atoms with van der Waals surface area (Å²) in [5, 5.41) is 14.0. The Balaban J connectivity index is 1.56. The molecule has 2 atom stereocenters. The van der Waals surface area contributed by atoms with E-state index in [0.29, 0.717) is 23.5 Å². The van der Waals surface area contributed by atoms with Gasteiger partial charge in [-0.2, -0.15) is 0 Å². The van der Waals surface area contributed by atoms with Crippen molar-refractivity contribution in [2.45, 2.75) is 58.2 Å².